The monoisotopic (exact) mass is 208 g/mol. The molecule has 0 spiro atoms. The van der Waals surface area contributed by atoms with Gasteiger partial charge in [0.25, 0.3) is 0 Å². The predicted molar refractivity (Wildman–Crippen MR) is 52.1 cm³/mol. The van der Waals surface area contributed by atoms with E-state index in [1.54, 1.807) is 20.8 Å². The summed E-state index contributed by atoms with van der Waals surface area (Å²) in [5.74, 6) is -0.757. The van der Waals surface area contributed by atoms with Crippen LogP contribution < -0.4 is 0 Å². The Bertz CT molecular complexity index is 135. The standard InChI is InChI=1S/C5H10O2.C4H10O3/c1-5(2,3)4(6)7;5-1-3-7-4-2-6/h1-3H3,(H,6,7);5-6H,1-4H2. The molecule has 0 fully saturated rings. The Labute approximate surface area is 84.3 Å². The molecule has 5 nitrogen and oxygen atoms in total. The van der Waals surface area contributed by atoms with E-state index in [2.05, 4.69) is 4.74 Å². The molecule has 86 valence electrons. The van der Waals surface area contributed by atoms with Gasteiger partial charge in [-0.25, -0.2) is 0 Å². The second kappa shape index (κ2) is 8.93. The molecule has 0 radical (unpaired) electrons. The van der Waals surface area contributed by atoms with Gasteiger partial charge in [0.05, 0.1) is 31.8 Å². The van der Waals surface area contributed by atoms with Gasteiger partial charge >= 0.3 is 5.97 Å². The summed E-state index contributed by atoms with van der Waals surface area (Å²) in [5, 5.41) is 24.4. The highest BCUT2D eigenvalue weighted by Crippen LogP contribution is 2.11. The highest BCUT2D eigenvalue weighted by atomic mass is 16.5. The van der Waals surface area contributed by atoms with Crippen molar-refractivity contribution in [1.29, 1.82) is 0 Å². The van der Waals surface area contributed by atoms with E-state index in [1.165, 1.54) is 0 Å². The van der Waals surface area contributed by atoms with Crippen molar-refractivity contribution in [3.05, 3.63) is 0 Å². The summed E-state index contributed by atoms with van der Waals surface area (Å²) in [6.07, 6.45) is 0. The fourth-order valence-electron chi connectivity index (χ4n) is 0.231. The molecule has 0 aliphatic carbocycles. The van der Waals surface area contributed by atoms with E-state index in [1.807, 2.05) is 0 Å². The fraction of sp³-hybridized carbons (Fsp3) is 0.889. The molecule has 0 aliphatic heterocycles. The smallest absolute Gasteiger partial charge is 0.308 e. The molecule has 0 atom stereocenters. The van der Waals surface area contributed by atoms with Gasteiger partial charge in [-0.3, -0.25) is 4.79 Å². The second-order valence-electron chi connectivity index (χ2n) is 3.61. The van der Waals surface area contributed by atoms with Crippen molar-refractivity contribution < 1.29 is 24.9 Å². The maximum Gasteiger partial charge on any atom is 0.308 e. The molecular weight excluding hydrogens is 188 g/mol. The number of hydrogen-bond acceptors (Lipinski definition) is 4. The number of carbonyl (C=O) groups is 1. The largest absolute Gasteiger partial charge is 0.481 e. The lowest BCUT2D eigenvalue weighted by molar-refractivity contribution is -0.145. The number of aliphatic hydroxyl groups is 2. The van der Waals surface area contributed by atoms with Crippen molar-refractivity contribution >= 4 is 5.97 Å². The van der Waals surface area contributed by atoms with Crippen LogP contribution in [0.4, 0.5) is 0 Å². The molecule has 14 heavy (non-hydrogen) atoms. The molecule has 5 heteroatoms. The molecule has 0 amide bonds. The number of carboxylic acid groups (broad SMARTS) is 1. The van der Waals surface area contributed by atoms with E-state index >= 15 is 0 Å². The molecule has 0 rings (SSSR count). The Morgan fingerprint density at radius 2 is 1.43 bits per heavy atom. The lowest BCUT2D eigenvalue weighted by Gasteiger charge is -2.08. The zero-order valence-electron chi connectivity index (χ0n) is 8.99. The third-order valence-electron chi connectivity index (χ3n) is 1.11. The highest BCUT2D eigenvalue weighted by Gasteiger charge is 2.18. The number of hydrogen-bond donors (Lipinski definition) is 3. The normalized spacial score (nSPS) is 10.4. The van der Waals surface area contributed by atoms with Crippen LogP contribution in [0.3, 0.4) is 0 Å². The molecular formula is C9H20O5. The number of carboxylic acids is 1. The average molecular weight is 208 g/mol. The van der Waals surface area contributed by atoms with E-state index in [9.17, 15) is 4.79 Å². The van der Waals surface area contributed by atoms with Crippen LogP contribution in [0.15, 0.2) is 0 Å². The molecule has 0 saturated carbocycles. The number of aliphatic hydroxyl groups excluding tert-OH is 2. The first-order valence-corrected chi connectivity index (χ1v) is 4.39. The zero-order chi connectivity index (χ0) is 11.6. The summed E-state index contributed by atoms with van der Waals surface area (Å²) >= 11 is 0. The summed E-state index contributed by atoms with van der Waals surface area (Å²) in [7, 11) is 0. The number of aliphatic carboxylic acids is 1. The van der Waals surface area contributed by atoms with E-state index in [0.29, 0.717) is 13.2 Å². The van der Waals surface area contributed by atoms with Gasteiger partial charge in [0, 0.05) is 0 Å². The third-order valence-corrected chi connectivity index (χ3v) is 1.11. The van der Waals surface area contributed by atoms with Crippen LogP contribution >= 0.6 is 0 Å². The maximum atomic E-state index is 10.0. The minimum Gasteiger partial charge on any atom is -0.481 e. The molecule has 0 aromatic carbocycles. The summed E-state index contributed by atoms with van der Waals surface area (Å²) < 4.78 is 4.63. The SMILES string of the molecule is CC(C)(C)C(=O)O.OCCOCCO. The van der Waals surface area contributed by atoms with Gasteiger partial charge in [0.1, 0.15) is 0 Å². The Morgan fingerprint density at radius 3 is 1.57 bits per heavy atom. The zero-order valence-corrected chi connectivity index (χ0v) is 8.99. The lowest BCUT2D eigenvalue weighted by atomic mass is 9.98. The van der Waals surface area contributed by atoms with Gasteiger partial charge in [-0.2, -0.15) is 0 Å². The molecule has 0 saturated heterocycles. The van der Waals surface area contributed by atoms with Crippen LogP contribution in [0, 0.1) is 5.41 Å². The molecule has 0 aliphatic rings. The van der Waals surface area contributed by atoms with Crippen LogP contribution in [-0.2, 0) is 9.53 Å². The van der Waals surface area contributed by atoms with E-state index < -0.39 is 11.4 Å². The number of rotatable bonds is 4. The molecule has 0 unspecified atom stereocenters. The average Bonchev–Trinajstić information content (AvgIpc) is 2.05. The quantitative estimate of drug-likeness (QED) is 0.570. The van der Waals surface area contributed by atoms with Crippen molar-refractivity contribution in [2.75, 3.05) is 26.4 Å². The Hall–Kier alpha value is -0.650. The summed E-state index contributed by atoms with van der Waals surface area (Å²) in [4.78, 5) is 10.0. The Morgan fingerprint density at radius 1 is 1.14 bits per heavy atom. The summed E-state index contributed by atoms with van der Waals surface area (Å²) in [6.45, 7) is 5.68. The van der Waals surface area contributed by atoms with Gasteiger partial charge in [-0.05, 0) is 20.8 Å². The van der Waals surface area contributed by atoms with Gasteiger partial charge in [0.2, 0.25) is 0 Å². The van der Waals surface area contributed by atoms with Crippen molar-refractivity contribution in [1.82, 2.24) is 0 Å². The molecule has 0 aromatic rings. The first-order valence-electron chi connectivity index (χ1n) is 4.39. The van der Waals surface area contributed by atoms with E-state index in [-0.39, 0.29) is 13.2 Å². The first kappa shape index (κ1) is 15.8. The molecule has 3 N–H and O–H groups in total. The van der Waals surface area contributed by atoms with Crippen LogP contribution in [0.5, 0.6) is 0 Å². The van der Waals surface area contributed by atoms with E-state index in [4.69, 9.17) is 15.3 Å². The molecule has 0 bridgehead atoms. The van der Waals surface area contributed by atoms with Crippen molar-refractivity contribution in [3.63, 3.8) is 0 Å². The lowest BCUT2D eigenvalue weighted by Crippen LogP contribution is -2.18. The topological polar surface area (TPSA) is 87.0 Å². The predicted octanol–water partition coefficient (Wildman–Crippen LogP) is 0.105. The van der Waals surface area contributed by atoms with Gasteiger partial charge in [-0.1, -0.05) is 0 Å². The Kier molecular flexibility index (Phi) is 10.1. The highest BCUT2D eigenvalue weighted by molar-refractivity contribution is 5.72. The molecule has 0 heterocycles. The van der Waals surface area contributed by atoms with Crippen LogP contribution in [-0.4, -0.2) is 47.7 Å². The second-order valence-corrected chi connectivity index (χ2v) is 3.61. The fourth-order valence-corrected chi connectivity index (χ4v) is 0.231. The van der Waals surface area contributed by atoms with Crippen LogP contribution in [0.2, 0.25) is 0 Å². The van der Waals surface area contributed by atoms with Crippen LogP contribution in [0.1, 0.15) is 20.8 Å². The third kappa shape index (κ3) is 13.9. The van der Waals surface area contributed by atoms with Gasteiger partial charge < -0.3 is 20.1 Å². The van der Waals surface area contributed by atoms with Crippen LogP contribution in [0.25, 0.3) is 0 Å². The molecule has 0 aromatic heterocycles. The summed E-state index contributed by atoms with van der Waals surface area (Å²) in [6, 6.07) is 0. The van der Waals surface area contributed by atoms with Gasteiger partial charge in [-0.15, -0.1) is 0 Å². The summed E-state index contributed by atoms with van der Waals surface area (Å²) in [5.41, 5.74) is -0.583. The Balaban J connectivity index is 0. The minimum atomic E-state index is -0.757. The van der Waals surface area contributed by atoms with Crippen molar-refractivity contribution in [3.8, 4) is 0 Å². The van der Waals surface area contributed by atoms with E-state index in [0.717, 1.165) is 0 Å². The van der Waals surface area contributed by atoms with Gasteiger partial charge in [0.15, 0.2) is 0 Å². The minimum absolute atomic E-state index is 0.0278. The van der Waals surface area contributed by atoms with Crippen molar-refractivity contribution in [2.24, 2.45) is 5.41 Å². The van der Waals surface area contributed by atoms with Crippen molar-refractivity contribution in [2.45, 2.75) is 20.8 Å². The first-order chi connectivity index (χ1) is 6.36. The number of ether oxygens (including phenoxy) is 1. The maximum absolute atomic E-state index is 10.0.